The second-order valence-electron chi connectivity index (χ2n) is 8.20. The molecular weight excluding hydrogens is 352 g/mol. The third kappa shape index (κ3) is 5.41. The van der Waals surface area contributed by atoms with Gasteiger partial charge in [-0.15, -0.1) is 10.2 Å². The zero-order chi connectivity index (χ0) is 20.1. The van der Waals surface area contributed by atoms with Gasteiger partial charge in [-0.2, -0.15) is 0 Å². The standard InChI is InChI=1S/C22H32N4O2/c1-15(2)5-10-20-24-25-21(26(20)18-8-9-18)11-12-22(27)23-19-13-17(14-28-4)7-6-16(19)3/h6-7,13,15,18H,5,8-12,14H2,1-4H3,(H,23,27). The number of hydrogen-bond donors (Lipinski definition) is 1. The van der Waals surface area contributed by atoms with Crippen LogP contribution in [0.3, 0.4) is 0 Å². The van der Waals surface area contributed by atoms with E-state index < -0.39 is 0 Å². The van der Waals surface area contributed by atoms with Crippen molar-refractivity contribution in [3.63, 3.8) is 0 Å². The van der Waals surface area contributed by atoms with E-state index in [1.165, 1.54) is 12.8 Å². The molecule has 2 aromatic rings. The van der Waals surface area contributed by atoms with Gasteiger partial charge in [-0.25, -0.2) is 0 Å². The summed E-state index contributed by atoms with van der Waals surface area (Å²) < 4.78 is 7.47. The summed E-state index contributed by atoms with van der Waals surface area (Å²) in [5.41, 5.74) is 2.94. The first-order valence-electron chi connectivity index (χ1n) is 10.3. The minimum Gasteiger partial charge on any atom is -0.380 e. The molecule has 0 bridgehead atoms. The van der Waals surface area contributed by atoms with Crippen LogP contribution in [0, 0.1) is 12.8 Å². The van der Waals surface area contributed by atoms with Crippen molar-refractivity contribution >= 4 is 11.6 Å². The fourth-order valence-electron chi connectivity index (χ4n) is 3.37. The van der Waals surface area contributed by atoms with Crippen molar-refractivity contribution in [2.24, 2.45) is 5.92 Å². The van der Waals surface area contributed by atoms with Crippen LogP contribution in [-0.2, 0) is 29.0 Å². The summed E-state index contributed by atoms with van der Waals surface area (Å²) in [5.74, 6) is 2.68. The molecular formula is C22H32N4O2. The summed E-state index contributed by atoms with van der Waals surface area (Å²) in [4.78, 5) is 12.5. The van der Waals surface area contributed by atoms with Crippen molar-refractivity contribution in [1.29, 1.82) is 0 Å². The lowest BCUT2D eigenvalue weighted by atomic mass is 10.1. The molecule has 1 saturated carbocycles. The number of carbonyl (C=O) groups excluding carboxylic acids is 1. The first-order chi connectivity index (χ1) is 13.5. The molecule has 0 aliphatic heterocycles. The molecule has 0 spiro atoms. The lowest BCUT2D eigenvalue weighted by Gasteiger charge is -2.12. The van der Waals surface area contributed by atoms with E-state index in [0.717, 1.165) is 41.3 Å². The molecule has 1 aromatic heterocycles. The van der Waals surface area contributed by atoms with Crippen molar-refractivity contribution in [3.8, 4) is 0 Å². The Morgan fingerprint density at radius 2 is 1.96 bits per heavy atom. The summed E-state index contributed by atoms with van der Waals surface area (Å²) >= 11 is 0. The maximum Gasteiger partial charge on any atom is 0.224 e. The molecule has 0 unspecified atom stereocenters. The molecule has 1 aliphatic carbocycles. The molecule has 6 nitrogen and oxygen atoms in total. The molecule has 0 radical (unpaired) electrons. The van der Waals surface area contributed by atoms with Crippen LogP contribution in [0.25, 0.3) is 0 Å². The van der Waals surface area contributed by atoms with Gasteiger partial charge in [0.15, 0.2) is 0 Å². The van der Waals surface area contributed by atoms with Gasteiger partial charge >= 0.3 is 0 Å². The van der Waals surface area contributed by atoms with Crippen molar-refractivity contribution in [1.82, 2.24) is 14.8 Å². The van der Waals surface area contributed by atoms with Crippen LogP contribution in [0.1, 0.15) is 68.3 Å². The molecule has 1 heterocycles. The first kappa shape index (κ1) is 20.5. The highest BCUT2D eigenvalue weighted by molar-refractivity contribution is 5.91. The summed E-state index contributed by atoms with van der Waals surface area (Å²) in [7, 11) is 1.67. The smallest absolute Gasteiger partial charge is 0.224 e. The Bertz CT molecular complexity index is 809. The number of nitrogens with zero attached hydrogens (tertiary/aromatic N) is 3. The number of rotatable bonds is 10. The number of ether oxygens (including phenoxy) is 1. The van der Waals surface area contributed by atoms with Gasteiger partial charge in [-0.1, -0.05) is 26.0 Å². The van der Waals surface area contributed by atoms with E-state index in [0.29, 0.717) is 31.4 Å². The number of anilines is 1. The highest BCUT2D eigenvalue weighted by Crippen LogP contribution is 2.37. The minimum atomic E-state index is 0.00624. The quantitative estimate of drug-likeness (QED) is 0.666. The molecule has 6 heteroatoms. The van der Waals surface area contributed by atoms with Crippen molar-refractivity contribution < 1.29 is 9.53 Å². The maximum atomic E-state index is 12.5. The van der Waals surface area contributed by atoms with Crippen LogP contribution >= 0.6 is 0 Å². The van der Waals surface area contributed by atoms with Crippen LogP contribution in [0.5, 0.6) is 0 Å². The largest absolute Gasteiger partial charge is 0.380 e. The monoisotopic (exact) mass is 384 g/mol. The van der Waals surface area contributed by atoms with Gasteiger partial charge < -0.3 is 14.6 Å². The number of aromatic nitrogens is 3. The van der Waals surface area contributed by atoms with E-state index in [1.807, 2.05) is 25.1 Å². The van der Waals surface area contributed by atoms with Crippen LogP contribution in [0.4, 0.5) is 5.69 Å². The molecule has 28 heavy (non-hydrogen) atoms. The maximum absolute atomic E-state index is 12.5. The number of aryl methyl sites for hydroxylation is 3. The van der Waals surface area contributed by atoms with Gasteiger partial charge in [0.2, 0.25) is 5.91 Å². The Kier molecular flexibility index (Phi) is 6.83. The molecule has 1 N–H and O–H groups in total. The number of amides is 1. The van der Waals surface area contributed by atoms with Crippen molar-refractivity contribution in [3.05, 3.63) is 41.0 Å². The van der Waals surface area contributed by atoms with Crippen LogP contribution < -0.4 is 5.32 Å². The molecule has 0 saturated heterocycles. The fraction of sp³-hybridized carbons (Fsp3) is 0.591. The normalized spacial score (nSPS) is 13.9. The van der Waals surface area contributed by atoms with Gasteiger partial charge in [0, 0.05) is 38.1 Å². The van der Waals surface area contributed by atoms with Crippen LogP contribution in [0.15, 0.2) is 18.2 Å². The molecule has 1 aromatic carbocycles. The third-order valence-corrected chi connectivity index (χ3v) is 5.16. The highest BCUT2D eigenvalue weighted by atomic mass is 16.5. The van der Waals surface area contributed by atoms with Crippen LogP contribution in [-0.4, -0.2) is 27.8 Å². The van der Waals surface area contributed by atoms with E-state index in [9.17, 15) is 4.79 Å². The SMILES string of the molecule is COCc1ccc(C)c(NC(=O)CCc2nnc(CCC(C)C)n2C2CC2)c1. The van der Waals surface area contributed by atoms with E-state index in [1.54, 1.807) is 7.11 Å². The van der Waals surface area contributed by atoms with Crippen molar-refractivity contribution in [2.45, 2.75) is 71.9 Å². The molecule has 152 valence electrons. The number of nitrogens with one attached hydrogen (secondary N) is 1. The summed E-state index contributed by atoms with van der Waals surface area (Å²) in [6, 6.07) is 6.54. The van der Waals surface area contributed by atoms with Gasteiger partial charge in [-0.3, -0.25) is 4.79 Å². The molecule has 3 rings (SSSR count). The van der Waals surface area contributed by atoms with Gasteiger partial charge in [0.1, 0.15) is 11.6 Å². The average molecular weight is 385 g/mol. The molecule has 1 amide bonds. The Morgan fingerprint density at radius 3 is 2.61 bits per heavy atom. The number of carbonyl (C=O) groups is 1. The zero-order valence-electron chi connectivity index (χ0n) is 17.5. The second-order valence-corrected chi connectivity index (χ2v) is 8.20. The number of hydrogen-bond acceptors (Lipinski definition) is 4. The van der Waals surface area contributed by atoms with Gasteiger partial charge in [-0.05, 0) is 49.3 Å². The third-order valence-electron chi connectivity index (χ3n) is 5.16. The van der Waals surface area contributed by atoms with E-state index in [4.69, 9.17) is 4.74 Å². The summed E-state index contributed by atoms with van der Waals surface area (Å²) in [6.07, 6.45) is 5.48. The minimum absolute atomic E-state index is 0.00624. The van der Waals surface area contributed by atoms with Crippen LogP contribution in [0.2, 0.25) is 0 Å². The zero-order valence-corrected chi connectivity index (χ0v) is 17.5. The van der Waals surface area contributed by atoms with Gasteiger partial charge in [0.25, 0.3) is 0 Å². The Labute approximate surface area is 167 Å². The molecule has 1 aliphatic rings. The predicted molar refractivity (Wildman–Crippen MR) is 110 cm³/mol. The number of methoxy groups -OCH3 is 1. The van der Waals surface area contributed by atoms with E-state index >= 15 is 0 Å². The first-order valence-corrected chi connectivity index (χ1v) is 10.3. The van der Waals surface area contributed by atoms with E-state index in [-0.39, 0.29) is 5.91 Å². The molecule has 1 fully saturated rings. The average Bonchev–Trinajstić information content (AvgIpc) is 3.41. The van der Waals surface area contributed by atoms with Gasteiger partial charge in [0.05, 0.1) is 6.61 Å². The van der Waals surface area contributed by atoms with Crippen molar-refractivity contribution in [2.75, 3.05) is 12.4 Å². The number of benzene rings is 1. The molecule has 0 atom stereocenters. The topological polar surface area (TPSA) is 69.0 Å². The fourth-order valence-corrected chi connectivity index (χ4v) is 3.37. The lowest BCUT2D eigenvalue weighted by molar-refractivity contribution is -0.116. The lowest BCUT2D eigenvalue weighted by Crippen LogP contribution is -2.15. The predicted octanol–water partition coefficient (Wildman–Crippen LogP) is 4.23. The second kappa shape index (κ2) is 9.32. The highest BCUT2D eigenvalue weighted by Gasteiger charge is 2.29. The Hall–Kier alpha value is -2.21. The Morgan fingerprint density at radius 1 is 1.25 bits per heavy atom. The Balaban J connectivity index is 1.61. The summed E-state index contributed by atoms with van der Waals surface area (Å²) in [6.45, 7) is 6.99. The summed E-state index contributed by atoms with van der Waals surface area (Å²) in [5, 5.41) is 11.9. The van der Waals surface area contributed by atoms with E-state index in [2.05, 4.69) is 33.9 Å².